The van der Waals surface area contributed by atoms with Crippen LogP contribution in [-0.4, -0.2) is 25.2 Å². The van der Waals surface area contributed by atoms with Crippen LogP contribution in [0.15, 0.2) is 0 Å². The second-order valence-corrected chi connectivity index (χ2v) is 7.91. The first-order chi connectivity index (χ1) is 13.0. The number of carbonyl (C=O) groups excluding carboxylic acids is 2. The third-order valence-corrected chi connectivity index (χ3v) is 5.00. The zero-order valence-electron chi connectivity index (χ0n) is 18.4. The van der Waals surface area contributed by atoms with Gasteiger partial charge in [-0.3, -0.25) is 9.59 Å². The lowest BCUT2D eigenvalue weighted by molar-refractivity contribution is -0.152. The molecule has 4 heteroatoms. The number of unbranched alkanes of at least 4 members (excludes halogenated alkanes) is 10. The Kier molecular flexibility index (Phi) is 17.6. The highest BCUT2D eigenvalue weighted by Crippen LogP contribution is 2.16. The molecule has 0 fully saturated rings. The van der Waals surface area contributed by atoms with Crippen molar-refractivity contribution < 1.29 is 19.1 Å². The van der Waals surface area contributed by atoms with Crippen molar-refractivity contribution in [3.05, 3.63) is 0 Å². The molecule has 0 saturated heterocycles. The predicted octanol–water partition coefficient (Wildman–Crippen LogP) is 6.46. The molecular formula is C23H44O4. The predicted molar refractivity (Wildman–Crippen MR) is 112 cm³/mol. The Bertz CT molecular complexity index is 333. The van der Waals surface area contributed by atoms with Gasteiger partial charge in [-0.1, -0.05) is 91.9 Å². The summed E-state index contributed by atoms with van der Waals surface area (Å²) in [5.41, 5.74) is 0. The van der Waals surface area contributed by atoms with Crippen LogP contribution < -0.4 is 0 Å². The standard InChI is InChI=1S/C23H44O4/c1-5-7-9-11-13-15-17-26-22(24)20(3)19-21(4)23(25)27-18-16-14-12-10-8-6-2/h20-21H,5-19H2,1-4H3. The lowest BCUT2D eigenvalue weighted by Gasteiger charge is -2.16. The molecule has 0 rings (SSSR count). The maximum absolute atomic E-state index is 12.0. The Morgan fingerprint density at radius 3 is 1.30 bits per heavy atom. The van der Waals surface area contributed by atoms with Crippen LogP contribution >= 0.6 is 0 Å². The number of hydrogen-bond acceptors (Lipinski definition) is 4. The van der Waals surface area contributed by atoms with E-state index in [1.807, 2.05) is 13.8 Å². The molecule has 0 radical (unpaired) electrons. The first-order valence-corrected chi connectivity index (χ1v) is 11.4. The van der Waals surface area contributed by atoms with Crippen molar-refractivity contribution in [1.29, 1.82) is 0 Å². The molecule has 0 aromatic carbocycles. The highest BCUT2D eigenvalue weighted by molar-refractivity contribution is 5.75. The first-order valence-electron chi connectivity index (χ1n) is 11.4. The molecule has 0 amide bonds. The summed E-state index contributed by atoms with van der Waals surface area (Å²) < 4.78 is 10.7. The molecule has 4 nitrogen and oxygen atoms in total. The number of esters is 2. The van der Waals surface area contributed by atoms with E-state index in [2.05, 4.69) is 13.8 Å². The largest absolute Gasteiger partial charge is 0.465 e. The zero-order chi connectivity index (χ0) is 20.3. The summed E-state index contributed by atoms with van der Waals surface area (Å²) >= 11 is 0. The molecule has 0 aromatic rings. The molecule has 2 atom stereocenters. The van der Waals surface area contributed by atoms with Crippen LogP contribution in [-0.2, 0) is 19.1 Å². The fourth-order valence-electron chi connectivity index (χ4n) is 3.12. The molecule has 160 valence electrons. The van der Waals surface area contributed by atoms with Crippen LogP contribution in [0.3, 0.4) is 0 Å². The SMILES string of the molecule is CCCCCCCCOC(=O)C(C)CC(C)C(=O)OCCCCCCCC. The number of hydrogen-bond donors (Lipinski definition) is 0. The summed E-state index contributed by atoms with van der Waals surface area (Å²) in [7, 11) is 0. The van der Waals surface area contributed by atoms with Crippen LogP contribution in [0.25, 0.3) is 0 Å². The molecule has 0 bridgehead atoms. The fourth-order valence-corrected chi connectivity index (χ4v) is 3.12. The Hall–Kier alpha value is -1.06. The third-order valence-electron chi connectivity index (χ3n) is 5.00. The summed E-state index contributed by atoms with van der Waals surface area (Å²) in [6, 6.07) is 0. The van der Waals surface area contributed by atoms with E-state index in [1.165, 1.54) is 51.4 Å². The number of rotatable bonds is 18. The van der Waals surface area contributed by atoms with E-state index < -0.39 is 0 Å². The lowest BCUT2D eigenvalue weighted by atomic mass is 9.97. The van der Waals surface area contributed by atoms with Gasteiger partial charge >= 0.3 is 11.9 Å². The average Bonchev–Trinajstić information content (AvgIpc) is 2.66. The Balaban J connectivity index is 3.73. The van der Waals surface area contributed by atoms with Gasteiger partial charge in [0.2, 0.25) is 0 Å². The Labute approximate surface area is 167 Å². The van der Waals surface area contributed by atoms with Gasteiger partial charge in [0.1, 0.15) is 0 Å². The van der Waals surface area contributed by atoms with Crippen molar-refractivity contribution in [1.82, 2.24) is 0 Å². The summed E-state index contributed by atoms with van der Waals surface area (Å²) in [5.74, 6) is -0.915. The van der Waals surface area contributed by atoms with E-state index in [1.54, 1.807) is 0 Å². The number of carbonyl (C=O) groups is 2. The quantitative estimate of drug-likeness (QED) is 0.201. The smallest absolute Gasteiger partial charge is 0.308 e. The molecule has 2 unspecified atom stereocenters. The summed E-state index contributed by atoms with van der Waals surface area (Å²) in [5, 5.41) is 0. The average molecular weight is 385 g/mol. The molecule has 0 spiro atoms. The molecule has 0 aliphatic heterocycles. The highest BCUT2D eigenvalue weighted by Gasteiger charge is 2.22. The van der Waals surface area contributed by atoms with E-state index in [-0.39, 0.29) is 23.8 Å². The van der Waals surface area contributed by atoms with Crippen LogP contribution in [0, 0.1) is 11.8 Å². The molecule has 0 N–H and O–H groups in total. The van der Waals surface area contributed by atoms with Crippen LogP contribution in [0.2, 0.25) is 0 Å². The highest BCUT2D eigenvalue weighted by atomic mass is 16.5. The van der Waals surface area contributed by atoms with Crippen LogP contribution in [0.4, 0.5) is 0 Å². The minimum atomic E-state index is -0.262. The minimum Gasteiger partial charge on any atom is -0.465 e. The van der Waals surface area contributed by atoms with Gasteiger partial charge in [0.15, 0.2) is 0 Å². The maximum atomic E-state index is 12.0. The minimum absolute atomic E-state index is 0.195. The van der Waals surface area contributed by atoms with Crippen molar-refractivity contribution in [3.8, 4) is 0 Å². The maximum Gasteiger partial charge on any atom is 0.308 e. The normalized spacial score (nSPS) is 13.2. The molecule has 0 aromatic heterocycles. The van der Waals surface area contributed by atoms with Crippen LogP contribution in [0.5, 0.6) is 0 Å². The van der Waals surface area contributed by atoms with Gasteiger partial charge in [0.05, 0.1) is 25.0 Å². The Morgan fingerprint density at radius 1 is 0.593 bits per heavy atom. The molecule has 0 heterocycles. The molecule has 27 heavy (non-hydrogen) atoms. The van der Waals surface area contributed by atoms with Gasteiger partial charge in [-0.25, -0.2) is 0 Å². The van der Waals surface area contributed by atoms with E-state index in [0.717, 1.165) is 25.7 Å². The monoisotopic (exact) mass is 384 g/mol. The topological polar surface area (TPSA) is 52.6 Å². The van der Waals surface area contributed by atoms with E-state index in [0.29, 0.717) is 19.6 Å². The van der Waals surface area contributed by atoms with Gasteiger partial charge in [0, 0.05) is 0 Å². The summed E-state index contributed by atoms with van der Waals surface area (Å²) in [6.45, 7) is 9.06. The van der Waals surface area contributed by atoms with Crippen LogP contribution in [0.1, 0.15) is 111 Å². The first kappa shape index (κ1) is 25.9. The second-order valence-electron chi connectivity index (χ2n) is 7.91. The second kappa shape index (κ2) is 18.3. The number of ether oxygens (including phenoxy) is 2. The fraction of sp³-hybridized carbons (Fsp3) is 0.913. The third kappa shape index (κ3) is 15.7. The van der Waals surface area contributed by atoms with E-state index in [9.17, 15) is 9.59 Å². The summed E-state index contributed by atoms with van der Waals surface area (Å²) in [4.78, 5) is 24.1. The zero-order valence-corrected chi connectivity index (χ0v) is 18.4. The van der Waals surface area contributed by atoms with E-state index in [4.69, 9.17) is 9.47 Å². The van der Waals surface area contributed by atoms with Crippen molar-refractivity contribution >= 4 is 11.9 Å². The van der Waals surface area contributed by atoms with Gasteiger partial charge in [0.25, 0.3) is 0 Å². The van der Waals surface area contributed by atoms with Gasteiger partial charge in [-0.15, -0.1) is 0 Å². The van der Waals surface area contributed by atoms with Gasteiger partial charge < -0.3 is 9.47 Å². The molecular weight excluding hydrogens is 340 g/mol. The van der Waals surface area contributed by atoms with Crippen molar-refractivity contribution in [3.63, 3.8) is 0 Å². The lowest BCUT2D eigenvalue weighted by Crippen LogP contribution is -2.23. The van der Waals surface area contributed by atoms with Crippen molar-refractivity contribution in [2.24, 2.45) is 11.8 Å². The molecule has 0 aliphatic carbocycles. The molecule has 0 saturated carbocycles. The van der Waals surface area contributed by atoms with Gasteiger partial charge in [-0.2, -0.15) is 0 Å². The van der Waals surface area contributed by atoms with Crippen molar-refractivity contribution in [2.75, 3.05) is 13.2 Å². The van der Waals surface area contributed by atoms with Crippen molar-refractivity contribution in [2.45, 2.75) is 111 Å². The molecule has 0 aliphatic rings. The van der Waals surface area contributed by atoms with Gasteiger partial charge in [-0.05, 0) is 19.3 Å². The van der Waals surface area contributed by atoms with E-state index >= 15 is 0 Å². The Morgan fingerprint density at radius 2 is 0.926 bits per heavy atom. The summed E-state index contributed by atoms with van der Waals surface area (Å²) in [6.07, 6.45) is 14.6.